The van der Waals surface area contributed by atoms with Crippen LogP contribution < -0.4 is 11.1 Å². The van der Waals surface area contributed by atoms with Crippen molar-refractivity contribution in [2.24, 2.45) is 10.7 Å². The summed E-state index contributed by atoms with van der Waals surface area (Å²) in [5.41, 5.74) is 5.01. The van der Waals surface area contributed by atoms with Gasteiger partial charge in [0.25, 0.3) is 0 Å². The van der Waals surface area contributed by atoms with Gasteiger partial charge in [0, 0.05) is 11.1 Å². The Labute approximate surface area is 145 Å². The van der Waals surface area contributed by atoms with Crippen LogP contribution in [0.4, 0.5) is 13.2 Å². The van der Waals surface area contributed by atoms with Crippen LogP contribution in [0.25, 0.3) is 0 Å². The molecule has 0 heterocycles. The number of nitrogens with one attached hydrogen (secondary N) is 1. The maximum absolute atomic E-state index is 12.5. The van der Waals surface area contributed by atoms with E-state index in [1.807, 2.05) is 20.8 Å². The van der Waals surface area contributed by atoms with Gasteiger partial charge in [0.1, 0.15) is 6.54 Å². The average Bonchev–Trinajstić information content (AvgIpc) is 2.32. The third-order valence-electron chi connectivity index (χ3n) is 2.25. The van der Waals surface area contributed by atoms with Gasteiger partial charge < -0.3 is 11.1 Å². The molecule has 0 fully saturated rings. The van der Waals surface area contributed by atoms with Gasteiger partial charge in [0.15, 0.2) is 5.96 Å². The van der Waals surface area contributed by atoms with Gasteiger partial charge >= 0.3 is 6.18 Å². The van der Waals surface area contributed by atoms with E-state index < -0.39 is 11.7 Å². The van der Waals surface area contributed by atoms with E-state index in [2.05, 4.69) is 22.2 Å². The molecule has 0 saturated heterocycles. The zero-order valence-electron chi connectivity index (χ0n) is 12.6. The predicted octanol–water partition coefficient (Wildman–Crippen LogP) is 3.38. The molecular weight excluding hydrogens is 406 g/mol. The van der Waals surface area contributed by atoms with Crippen molar-refractivity contribution >= 4 is 29.9 Å². The molecule has 122 valence electrons. The smallest absolute Gasteiger partial charge is 0.370 e. The van der Waals surface area contributed by atoms with Crippen molar-refractivity contribution in [3.05, 3.63) is 35.4 Å². The highest BCUT2D eigenvalue weighted by Crippen LogP contribution is 2.29. The zero-order chi connectivity index (χ0) is 16.1. The molecule has 0 spiro atoms. The molecule has 0 radical (unpaired) electrons. The topological polar surface area (TPSA) is 50.4 Å². The van der Waals surface area contributed by atoms with E-state index in [1.54, 1.807) is 0 Å². The third-order valence-corrected chi connectivity index (χ3v) is 2.25. The standard InChI is InChI=1S/C15H18F3N3.HI/c1-14(2,3)21-13(19)20-9-5-7-11-6-4-8-12(10-11)15(16,17)18;/h4,6,8,10H,9H2,1-3H3,(H3,19,20,21);1H. The lowest BCUT2D eigenvalue weighted by atomic mass is 10.1. The Hall–Kier alpha value is -1.43. The first-order chi connectivity index (χ1) is 9.58. The monoisotopic (exact) mass is 425 g/mol. The molecule has 0 amide bonds. The van der Waals surface area contributed by atoms with Crippen molar-refractivity contribution in [1.29, 1.82) is 0 Å². The van der Waals surface area contributed by atoms with Gasteiger partial charge in [-0.25, -0.2) is 4.99 Å². The van der Waals surface area contributed by atoms with Gasteiger partial charge in [-0.05, 0) is 39.0 Å². The Balaban J connectivity index is 0.00000441. The molecule has 0 aliphatic rings. The van der Waals surface area contributed by atoms with Gasteiger partial charge in [-0.2, -0.15) is 13.2 Å². The van der Waals surface area contributed by atoms with Crippen LogP contribution in [0.15, 0.2) is 29.3 Å². The second-order valence-electron chi connectivity index (χ2n) is 5.46. The first kappa shape index (κ1) is 20.6. The van der Waals surface area contributed by atoms with Crippen molar-refractivity contribution in [2.45, 2.75) is 32.5 Å². The molecule has 7 heteroatoms. The van der Waals surface area contributed by atoms with E-state index in [4.69, 9.17) is 5.73 Å². The Morgan fingerprint density at radius 1 is 1.27 bits per heavy atom. The van der Waals surface area contributed by atoms with Gasteiger partial charge in [-0.1, -0.05) is 17.9 Å². The minimum atomic E-state index is -4.36. The summed E-state index contributed by atoms with van der Waals surface area (Å²) in [6.07, 6.45) is -4.36. The molecule has 3 N–H and O–H groups in total. The summed E-state index contributed by atoms with van der Waals surface area (Å²) in [6.45, 7) is 5.92. The number of aliphatic imine (C=N–C) groups is 1. The summed E-state index contributed by atoms with van der Waals surface area (Å²) in [7, 11) is 0. The van der Waals surface area contributed by atoms with Crippen molar-refractivity contribution in [3.8, 4) is 11.8 Å². The van der Waals surface area contributed by atoms with Crippen LogP contribution in [0, 0.1) is 11.8 Å². The van der Waals surface area contributed by atoms with Crippen LogP contribution in [0.5, 0.6) is 0 Å². The maximum atomic E-state index is 12.5. The largest absolute Gasteiger partial charge is 0.416 e. The Bertz CT molecular complexity index is 578. The lowest BCUT2D eigenvalue weighted by Gasteiger charge is -2.20. The number of nitrogens with two attached hydrogens (primary N) is 1. The summed E-state index contributed by atoms with van der Waals surface area (Å²) < 4.78 is 37.6. The molecule has 0 aliphatic carbocycles. The molecule has 1 aromatic rings. The highest BCUT2D eigenvalue weighted by Gasteiger charge is 2.30. The molecular formula is C15H19F3IN3. The van der Waals surface area contributed by atoms with Crippen molar-refractivity contribution < 1.29 is 13.2 Å². The Morgan fingerprint density at radius 2 is 1.91 bits per heavy atom. The van der Waals surface area contributed by atoms with Crippen molar-refractivity contribution in [2.75, 3.05) is 6.54 Å². The van der Waals surface area contributed by atoms with Crippen LogP contribution in [0.1, 0.15) is 31.9 Å². The highest BCUT2D eigenvalue weighted by atomic mass is 127. The average molecular weight is 425 g/mol. The summed E-state index contributed by atoms with van der Waals surface area (Å²) in [6, 6.07) is 4.86. The predicted molar refractivity (Wildman–Crippen MR) is 93.1 cm³/mol. The van der Waals surface area contributed by atoms with Crippen molar-refractivity contribution in [1.82, 2.24) is 5.32 Å². The number of hydrogen-bond donors (Lipinski definition) is 2. The summed E-state index contributed by atoms with van der Waals surface area (Å²) >= 11 is 0. The van der Waals surface area contributed by atoms with Gasteiger partial charge in [0.2, 0.25) is 0 Å². The molecule has 3 nitrogen and oxygen atoms in total. The molecule has 0 bridgehead atoms. The van der Waals surface area contributed by atoms with Gasteiger partial charge in [-0.15, -0.1) is 24.0 Å². The molecule has 0 saturated carbocycles. The summed E-state index contributed by atoms with van der Waals surface area (Å²) in [5.74, 6) is 5.56. The molecule has 1 aromatic carbocycles. The number of alkyl halides is 3. The molecule has 22 heavy (non-hydrogen) atoms. The Morgan fingerprint density at radius 3 is 2.45 bits per heavy atom. The lowest BCUT2D eigenvalue weighted by molar-refractivity contribution is -0.137. The van der Waals surface area contributed by atoms with E-state index in [0.29, 0.717) is 5.56 Å². The molecule has 0 aromatic heterocycles. The van der Waals surface area contributed by atoms with Crippen LogP contribution in [0.3, 0.4) is 0 Å². The molecule has 0 atom stereocenters. The van der Waals surface area contributed by atoms with Crippen molar-refractivity contribution in [3.63, 3.8) is 0 Å². The second-order valence-corrected chi connectivity index (χ2v) is 5.46. The first-order valence-electron chi connectivity index (χ1n) is 6.32. The highest BCUT2D eigenvalue weighted by molar-refractivity contribution is 14.0. The number of hydrogen-bond acceptors (Lipinski definition) is 1. The van der Waals surface area contributed by atoms with E-state index in [9.17, 15) is 13.2 Å². The van der Waals surface area contributed by atoms with E-state index >= 15 is 0 Å². The quantitative estimate of drug-likeness (QED) is 0.314. The number of guanidine groups is 1. The van der Waals surface area contributed by atoms with Crippen LogP contribution in [-0.2, 0) is 6.18 Å². The summed E-state index contributed by atoms with van der Waals surface area (Å²) in [4.78, 5) is 3.98. The number of rotatable bonds is 1. The van der Waals surface area contributed by atoms with E-state index in [0.717, 1.165) is 12.1 Å². The minimum absolute atomic E-state index is 0. The number of nitrogens with zero attached hydrogens (tertiary/aromatic N) is 1. The second kappa shape index (κ2) is 8.27. The molecule has 1 rings (SSSR count). The Kier molecular flexibility index (Phi) is 7.73. The third kappa shape index (κ3) is 8.12. The van der Waals surface area contributed by atoms with Gasteiger partial charge in [-0.3, -0.25) is 0 Å². The minimum Gasteiger partial charge on any atom is -0.370 e. The van der Waals surface area contributed by atoms with E-state index in [-0.39, 0.29) is 42.0 Å². The van der Waals surface area contributed by atoms with Gasteiger partial charge in [0.05, 0.1) is 5.56 Å². The fraction of sp³-hybridized carbons (Fsp3) is 0.400. The fourth-order valence-corrected chi connectivity index (χ4v) is 1.46. The zero-order valence-corrected chi connectivity index (χ0v) is 14.9. The normalized spacial score (nSPS) is 12.0. The summed E-state index contributed by atoms with van der Waals surface area (Å²) in [5, 5.41) is 2.96. The van der Waals surface area contributed by atoms with Crippen LogP contribution >= 0.6 is 24.0 Å². The van der Waals surface area contributed by atoms with Crippen LogP contribution in [-0.4, -0.2) is 18.0 Å². The van der Waals surface area contributed by atoms with E-state index in [1.165, 1.54) is 12.1 Å². The number of halogens is 4. The molecule has 0 aliphatic heterocycles. The van der Waals surface area contributed by atoms with Crippen LogP contribution in [0.2, 0.25) is 0 Å². The fourth-order valence-electron chi connectivity index (χ4n) is 1.46. The molecule has 0 unspecified atom stereocenters. The number of benzene rings is 1. The maximum Gasteiger partial charge on any atom is 0.416 e. The first-order valence-corrected chi connectivity index (χ1v) is 6.32. The SMILES string of the molecule is CC(C)(C)NC(N)=NCC#Cc1cccc(C(F)(F)F)c1.I. The lowest BCUT2D eigenvalue weighted by Crippen LogP contribution is -2.45.